The van der Waals surface area contributed by atoms with Crippen LogP contribution in [0.25, 0.3) is 66.4 Å². The van der Waals surface area contributed by atoms with Gasteiger partial charge in [0.1, 0.15) is 5.58 Å². The predicted molar refractivity (Wildman–Crippen MR) is 222 cm³/mol. The predicted octanol–water partition coefficient (Wildman–Crippen LogP) is 14.4. The summed E-state index contributed by atoms with van der Waals surface area (Å²) in [7, 11) is 0. The minimum atomic E-state index is -0.212. The molecule has 1 heterocycles. The van der Waals surface area contributed by atoms with E-state index in [-0.39, 0.29) is 5.41 Å². The van der Waals surface area contributed by atoms with Crippen molar-refractivity contribution in [3.63, 3.8) is 0 Å². The molecule has 0 N–H and O–H groups in total. The number of para-hydroxylation sites is 3. The van der Waals surface area contributed by atoms with Crippen LogP contribution in [-0.4, -0.2) is 0 Å². The second-order valence-corrected chi connectivity index (χ2v) is 14.5. The molecule has 0 radical (unpaired) electrons. The van der Waals surface area contributed by atoms with Crippen molar-refractivity contribution in [1.82, 2.24) is 0 Å². The van der Waals surface area contributed by atoms with Gasteiger partial charge in [-0.3, -0.25) is 0 Å². The van der Waals surface area contributed by atoms with E-state index in [1.54, 1.807) is 0 Å². The molecule has 0 amide bonds. The van der Waals surface area contributed by atoms with E-state index in [1.807, 2.05) is 6.07 Å². The van der Waals surface area contributed by atoms with Crippen LogP contribution in [0.4, 0.5) is 17.1 Å². The third-order valence-corrected chi connectivity index (χ3v) is 11.1. The summed E-state index contributed by atoms with van der Waals surface area (Å²) < 4.78 is 6.68. The minimum absolute atomic E-state index is 0.212. The third-order valence-electron chi connectivity index (χ3n) is 11.1. The number of anilines is 3. The molecular weight excluding hydrogens is 643 g/mol. The van der Waals surface area contributed by atoms with E-state index in [2.05, 4.69) is 201 Å². The van der Waals surface area contributed by atoms with Crippen molar-refractivity contribution in [2.75, 3.05) is 4.90 Å². The molecule has 2 heteroatoms. The summed E-state index contributed by atoms with van der Waals surface area (Å²) in [6.07, 6.45) is 0. The molecule has 9 aromatic rings. The van der Waals surface area contributed by atoms with Gasteiger partial charge < -0.3 is 9.32 Å². The lowest BCUT2D eigenvalue weighted by molar-refractivity contribution is 0.660. The van der Waals surface area contributed by atoms with Crippen LogP contribution in [0, 0.1) is 0 Å². The normalized spacial score (nSPS) is 12.9. The average Bonchev–Trinajstić information content (AvgIpc) is 3.71. The Bertz CT molecular complexity index is 2790. The van der Waals surface area contributed by atoms with Crippen molar-refractivity contribution in [3.8, 4) is 44.5 Å². The van der Waals surface area contributed by atoms with Gasteiger partial charge in [0.05, 0.1) is 11.4 Å². The fourth-order valence-corrected chi connectivity index (χ4v) is 8.38. The summed E-state index contributed by atoms with van der Waals surface area (Å²) >= 11 is 0. The van der Waals surface area contributed by atoms with Crippen LogP contribution in [0.1, 0.15) is 25.0 Å². The highest BCUT2D eigenvalue weighted by Gasteiger charge is 2.36. The molecule has 0 atom stereocenters. The summed E-state index contributed by atoms with van der Waals surface area (Å²) in [5.74, 6) is 0. The molecule has 2 nitrogen and oxygen atoms in total. The van der Waals surface area contributed by atoms with E-state index < -0.39 is 0 Å². The molecule has 53 heavy (non-hydrogen) atoms. The molecule has 1 aliphatic carbocycles. The molecule has 0 bridgehead atoms. The van der Waals surface area contributed by atoms with E-state index in [4.69, 9.17) is 4.42 Å². The van der Waals surface area contributed by atoms with Crippen molar-refractivity contribution in [2.24, 2.45) is 0 Å². The monoisotopic (exact) mass is 679 g/mol. The highest BCUT2D eigenvalue weighted by molar-refractivity contribution is 6.10. The zero-order valence-corrected chi connectivity index (χ0v) is 29.8. The van der Waals surface area contributed by atoms with Crippen LogP contribution < -0.4 is 4.90 Å². The van der Waals surface area contributed by atoms with Crippen molar-refractivity contribution in [1.29, 1.82) is 0 Å². The van der Waals surface area contributed by atoms with Crippen LogP contribution in [0.2, 0.25) is 0 Å². The van der Waals surface area contributed by atoms with Gasteiger partial charge in [-0.15, -0.1) is 0 Å². The maximum atomic E-state index is 6.68. The molecule has 8 aromatic carbocycles. The standard InChI is InChI=1S/C51H37NO/c1-51(2)45-32-38(36-26-24-35(25-27-36)34-14-5-3-6-15-34)28-30-41(45)42-31-29-39(33-46(42)51)52(47-21-11-9-18-40(47)37-16-7-4-8-17-37)48-22-13-20-44-43-19-10-12-23-49(43)53-50(44)48/h3-33H,1-2H3. The molecule has 0 saturated carbocycles. The molecule has 0 fully saturated rings. The molecule has 0 spiro atoms. The van der Waals surface area contributed by atoms with Gasteiger partial charge in [0.15, 0.2) is 5.58 Å². The van der Waals surface area contributed by atoms with Gasteiger partial charge in [-0.05, 0) is 86.5 Å². The summed E-state index contributed by atoms with van der Waals surface area (Å²) in [5.41, 5.74) is 17.3. The molecule has 0 aliphatic heterocycles. The largest absolute Gasteiger partial charge is 0.454 e. The SMILES string of the molecule is CC1(C)c2cc(-c3ccc(-c4ccccc4)cc3)ccc2-c2ccc(N(c3ccccc3-c3ccccc3)c3cccc4c3oc3ccccc34)cc21. The van der Waals surface area contributed by atoms with Crippen molar-refractivity contribution < 1.29 is 4.42 Å². The highest BCUT2D eigenvalue weighted by Crippen LogP contribution is 2.53. The number of rotatable bonds is 6. The van der Waals surface area contributed by atoms with Gasteiger partial charge in [0.25, 0.3) is 0 Å². The van der Waals surface area contributed by atoms with E-state index in [0.717, 1.165) is 44.6 Å². The lowest BCUT2D eigenvalue weighted by atomic mass is 9.81. The van der Waals surface area contributed by atoms with E-state index >= 15 is 0 Å². The molecular formula is C51H37NO. The topological polar surface area (TPSA) is 16.4 Å². The number of hydrogen-bond donors (Lipinski definition) is 0. The average molecular weight is 680 g/mol. The second kappa shape index (κ2) is 12.3. The maximum Gasteiger partial charge on any atom is 0.159 e. The van der Waals surface area contributed by atoms with Gasteiger partial charge >= 0.3 is 0 Å². The van der Waals surface area contributed by atoms with Crippen LogP contribution in [0.3, 0.4) is 0 Å². The summed E-state index contributed by atoms with van der Waals surface area (Å²) in [5, 5.41) is 2.23. The third kappa shape index (κ3) is 5.10. The Hall–Kier alpha value is -6.64. The van der Waals surface area contributed by atoms with Gasteiger partial charge in [-0.25, -0.2) is 0 Å². The second-order valence-electron chi connectivity index (χ2n) is 14.5. The Balaban J connectivity index is 1.11. The first kappa shape index (κ1) is 31.1. The maximum absolute atomic E-state index is 6.68. The Morgan fingerprint density at radius 3 is 1.72 bits per heavy atom. The first-order chi connectivity index (χ1) is 26.0. The summed E-state index contributed by atoms with van der Waals surface area (Å²) in [6.45, 7) is 4.73. The molecule has 1 aliphatic rings. The van der Waals surface area contributed by atoms with E-state index in [1.165, 1.54) is 50.1 Å². The Morgan fingerprint density at radius 1 is 0.396 bits per heavy atom. The van der Waals surface area contributed by atoms with E-state index in [9.17, 15) is 0 Å². The molecule has 0 unspecified atom stereocenters. The molecule has 1 aromatic heterocycles. The zero-order chi connectivity index (χ0) is 35.5. The number of nitrogens with zero attached hydrogens (tertiary/aromatic N) is 1. The molecule has 10 rings (SSSR count). The summed E-state index contributed by atoms with van der Waals surface area (Å²) in [6, 6.07) is 67.8. The van der Waals surface area contributed by atoms with Gasteiger partial charge in [-0.2, -0.15) is 0 Å². The van der Waals surface area contributed by atoms with Crippen molar-refractivity contribution in [3.05, 3.63) is 199 Å². The van der Waals surface area contributed by atoms with Gasteiger partial charge in [0.2, 0.25) is 0 Å². The van der Waals surface area contributed by atoms with Crippen LogP contribution >= 0.6 is 0 Å². The van der Waals surface area contributed by atoms with E-state index in [0.29, 0.717) is 0 Å². The number of hydrogen-bond acceptors (Lipinski definition) is 2. The lowest BCUT2D eigenvalue weighted by Gasteiger charge is -2.29. The molecule has 0 saturated heterocycles. The van der Waals surface area contributed by atoms with Crippen LogP contribution in [-0.2, 0) is 5.41 Å². The molecule has 252 valence electrons. The Kier molecular flexibility index (Phi) is 7.19. The lowest BCUT2D eigenvalue weighted by Crippen LogP contribution is -2.17. The number of benzene rings is 8. The van der Waals surface area contributed by atoms with Crippen molar-refractivity contribution >= 4 is 39.0 Å². The summed E-state index contributed by atoms with van der Waals surface area (Å²) in [4.78, 5) is 2.39. The Labute approximate surface area is 310 Å². The van der Waals surface area contributed by atoms with Crippen LogP contribution in [0.5, 0.6) is 0 Å². The first-order valence-corrected chi connectivity index (χ1v) is 18.3. The van der Waals surface area contributed by atoms with Crippen molar-refractivity contribution in [2.45, 2.75) is 19.3 Å². The number of furan rings is 1. The smallest absolute Gasteiger partial charge is 0.159 e. The fraction of sp³-hybridized carbons (Fsp3) is 0.0588. The highest BCUT2D eigenvalue weighted by atomic mass is 16.3. The fourth-order valence-electron chi connectivity index (χ4n) is 8.38. The first-order valence-electron chi connectivity index (χ1n) is 18.3. The van der Waals surface area contributed by atoms with Gasteiger partial charge in [-0.1, -0.05) is 166 Å². The Morgan fingerprint density at radius 2 is 0.943 bits per heavy atom. The minimum Gasteiger partial charge on any atom is -0.454 e. The van der Waals surface area contributed by atoms with Gasteiger partial charge in [0, 0.05) is 27.4 Å². The van der Waals surface area contributed by atoms with Crippen LogP contribution in [0.15, 0.2) is 192 Å². The quantitative estimate of drug-likeness (QED) is 0.174. The zero-order valence-electron chi connectivity index (χ0n) is 29.8. The number of fused-ring (bicyclic) bond motifs is 6.